The first-order chi connectivity index (χ1) is 7.16. The smallest absolute Gasteiger partial charge is 0.223 e. The summed E-state index contributed by atoms with van der Waals surface area (Å²) in [5.41, 5.74) is 7.44. The molecule has 0 aliphatic heterocycles. The SMILES string of the molecule is CC1CC1C(=O)NCc1cccc(N)c1. The quantitative estimate of drug-likeness (QED) is 0.734. The number of hydrogen-bond acceptors (Lipinski definition) is 2. The van der Waals surface area contributed by atoms with Gasteiger partial charge >= 0.3 is 0 Å². The molecule has 3 heteroatoms. The van der Waals surface area contributed by atoms with Crippen LogP contribution < -0.4 is 11.1 Å². The van der Waals surface area contributed by atoms with Crippen molar-refractivity contribution < 1.29 is 4.79 Å². The maximum atomic E-state index is 11.5. The Kier molecular flexibility index (Phi) is 2.62. The van der Waals surface area contributed by atoms with Crippen LogP contribution in [-0.2, 0) is 11.3 Å². The zero-order valence-corrected chi connectivity index (χ0v) is 8.86. The highest BCUT2D eigenvalue weighted by molar-refractivity contribution is 5.81. The molecule has 2 rings (SSSR count). The molecule has 3 nitrogen and oxygen atoms in total. The van der Waals surface area contributed by atoms with E-state index in [-0.39, 0.29) is 11.8 Å². The van der Waals surface area contributed by atoms with Crippen LogP contribution in [0.5, 0.6) is 0 Å². The third kappa shape index (κ3) is 2.49. The highest BCUT2D eigenvalue weighted by atomic mass is 16.2. The molecular formula is C12H16N2O. The lowest BCUT2D eigenvalue weighted by Crippen LogP contribution is -2.24. The molecule has 0 aromatic heterocycles. The van der Waals surface area contributed by atoms with Crippen LogP contribution in [-0.4, -0.2) is 5.91 Å². The van der Waals surface area contributed by atoms with E-state index in [1.807, 2.05) is 24.3 Å². The van der Waals surface area contributed by atoms with Crippen molar-refractivity contribution in [3.8, 4) is 0 Å². The summed E-state index contributed by atoms with van der Waals surface area (Å²) >= 11 is 0. The molecule has 0 bridgehead atoms. The van der Waals surface area contributed by atoms with Gasteiger partial charge in [-0.2, -0.15) is 0 Å². The fourth-order valence-electron chi connectivity index (χ4n) is 1.71. The summed E-state index contributed by atoms with van der Waals surface area (Å²) in [6, 6.07) is 7.59. The fourth-order valence-corrected chi connectivity index (χ4v) is 1.71. The number of anilines is 1. The number of benzene rings is 1. The molecule has 2 unspecified atom stereocenters. The Morgan fingerprint density at radius 3 is 2.93 bits per heavy atom. The second kappa shape index (κ2) is 3.93. The number of hydrogen-bond donors (Lipinski definition) is 2. The lowest BCUT2D eigenvalue weighted by molar-refractivity contribution is -0.122. The van der Waals surface area contributed by atoms with Crippen LogP contribution in [0.25, 0.3) is 0 Å². The average Bonchev–Trinajstić information content (AvgIpc) is 2.92. The summed E-state index contributed by atoms with van der Waals surface area (Å²) < 4.78 is 0. The van der Waals surface area contributed by atoms with E-state index in [4.69, 9.17) is 5.73 Å². The zero-order chi connectivity index (χ0) is 10.8. The highest BCUT2D eigenvalue weighted by Crippen LogP contribution is 2.37. The van der Waals surface area contributed by atoms with Crippen molar-refractivity contribution in [2.24, 2.45) is 11.8 Å². The van der Waals surface area contributed by atoms with Gasteiger partial charge in [-0.15, -0.1) is 0 Å². The molecule has 80 valence electrons. The normalized spacial score (nSPS) is 23.5. The summed E-state index contributed by atoms with van der Waals surface area (Å²) in [6.07, 6.45) is 1.03. The minimum absolute atomic E-state index is 0.171. The van der Waals surface area contributed by atoms with E-state index >= 15 is 0 Å². The topological polar surface area (TPSA) is 55.1 Å². The van der Waals surface area contributed by atoms with Crippen molar-refractivity contribution in [2.75, 3.05) is 5.73 Å². The molecule has 1 aliphatic carbocycles. The van der Waals surface area contributed by atoms with Gasteiger partial charge in [0.1, 0.15) is 0 Å². The molecule has 0 saturated heterocycles. The Balaban J connectivity index is 1.85. The molecule has 1 fully saturated rings. The lowest BCUT2D eigenvalue weighted by Gasteiger charge is -2.05. The lowest BCUT2D eigenvalue weighted by atomic mass is 10.2. The standard InChI is InChI=1S/C12H16N2O/c1-8-5-11(8)12(15)14-7-9-3-2-4-10(13)6-9/h2-4,6,8,11H,5,7,13H2,1H3,(H,14,15). The van der Waals surface area contributed by atoms with E-state index in [0.29, 0.717) is 12.5 Å². The maximum Gasteiger partial charge on any atom is 0.223 e. The molecule has 1 aromatic rings. The van der Waals surface area contributed by atoms with Crippen molar-refractivity contribution >= 4 is 11.6 Å². The summed E-state index contributed by atoms with van der Waals surface area (Å²) in [5.74, 6) is 0.974. The van der Waals surface area contributed by atoms with E-state index < -0.39 is 0 Å². The molecule has 1 aromatic carbocycles. The van der Waals surface area contributed by atoms with Crippen molar-refractivity contribution in [3.05, 3.63) is 29.8 Å². The predicted octanol–water partition coefficient (Wildman–Crippen LogP) is 1.54. The Hall–Kier alpha value is -1.51. The van der Waals surface area contributed by atoms with E-state index in [9.17, 15) is 4.79 Å². The molecular weight excluding hydrogens is 188 g/mol. The summed E-state index contributed by atoms with van der Waals surface area (Å²) in [4.78, 5) is 11.5. The zero-order valence-electron chi connectivity index (χ0n) is 8.86. The Morgan fingerprint density at radius 2 is 2.33 bits per heavy atom. The van der Waals surface area contributed by atoms with Crippen LogP contribution in [0.15, 0.2) is 24.3 Å². The highest BCUT2D eigenvalue weighted by Gasteiger charge is 2.38. The molecule has 15 heavy (non-hydrogen) atoms. The van der Waals surface area contributed by atoms with Crippen LogP contribution in [0.2, 0.25) is 0 Å². The van der Waals surface area contributed by atoms with Gasteiger partial charge < -0.3 is 11.1 Å². The van der Waals surface area contributed by atoms with E-state index in [2.05, 4.69) is 12.2 Å². The van der Waals surface area contributed by atoms with Crippen LogP contribution in [0.1, 0.15) is 18.9 Å². The summed E-state index contributed by atoms with van der Waals surface area (Å²) in [7, 11) is 0. The van der Waals surface area contributed by atoms with Gasteiger partial charge in [-0.3, -0.25) is 4.79 Å². The molecule has 1 aliphatic rings. The third-order valence-electron chi connectivity index (χ3n) is 2.86. The first kappa shape index (κ1) is 10.0. The average molecular weight is 204 g/mol. The first-order valence-corrected chi connectivity index (χ1v) is 5.29. The molecule has 0 heterocycles. The Bertz CT molecular complexity index is 376. The van der Waals surface area contributed by atoms with Crippen molar-refractivity contribution in [1.29, 1.82) is 0 Å². The maximum absolute atomic E-state index is 11.5. The first-order valence-electron chi connectivity index (χ1n) is 5.29. The van der Waals surface area contributed by atoms with Gasteiger partial charge in [0.25, 0.3) is 0 Å². The van der Waals surface area contributed by atoms with Gasteiger partial charge in [-0.25, -0.2) is 0 Å². The minimum Gasteiger partial charge on any atom is -0.399 e. The molecule has 2 atom stereocenters. The van der Waals surface area contributed by atoms with E-state index in [1.54, 1.807) is 0 Å². The second-order valence-electron chi connectivity index (χ2n) is 4.28. The van der Waals surface area contributed by atoms with E-state index in [1.165, 1.54) is 0 Å². The monoisotopic (exact) mass is 204 g/mol. The van der Waals surface area contributed by atoms with Gasteiger partial charge in [-0.05, 0) is 30.0 Å². The molecule has 0 spiro atoms. The number of rotatable bonds is 3. The number of nitrogens with one attached hydrogen (secondary N) is 1. The fraction of sp³-hybridized carbons (Fsp3) is 0.417. The van der Waals surface area contributed by atoms with Gasteiger partial charge in [0, 0.05) is 18.2 Å². The number of carbonyl (C=O) groups excluding carboxylic acids is 1. The Morgan fingerprint density at radius 1 is 1.60 bits per heavy atom. The van der Waals surface area contributed by atoms with Gasteiger partial charge in [0.15, 0.2) is 0 Å². The number of amides is 1. The number of carbonyl (C=O) groups is 1. The summed E-state index contributed by atoms with van der Waals surface area (Å²) in [6.45, 7) is 2.68. The predicted molar refractivity (Wildman–Crippen MR) is 60.0 cm³/mol. The van der Waals surface area contributed by atoms with Gasteiger partial charge in [-0.1, -0.05) is 19.1 Å². The molecule has 0 radical (unpaired) electrons. The van der Waals surface area contributed by atoms with Gasteiger partial charge in [0.05, 0.1) is 0 Å². The van der Waals surface area contributed by atoms with Gasteiger partial charge in [0.2, 0.25) is 5.91 Å². The minimum atomic E-state index is 0.171. The molecule has 1 saturated carbocycles. The number of nitrogen functional groups attached to an aromatic ring is 1. The van der Waals surface area contributed by atoms with Crippen molar-refractivity contribution in [1.82, 2.24) is 5.32 Å². The van der Waals surface area contributed by atoms with E-state index in [0.717, 1.165) is 17.7 Å². The largest absolute Gasteiger partial charge is 0.399 e. The summed E-state index contributed by atoms with van der Waals surface area (Å²) in [5, 5.41) is 2.92. The second-order valence-corrected chi connectivity index (χ2v) is 4.28. The number of nitrogens with two attached hydrogens (primary N) is 1. The molecule has 1 amide bonds. The van der Waals surface area contributed by atoms with Crippen molar-refractivity contribution in [3.63, 3.8) is 0 Å². The van der Waals surface area contributed by atoms with Crippen LogP contribution in [0.3, 0.4) is 0 Å². The van der Waals surface area contributed by atoms with Crippen LogP contribution in [0.4, 0.5) is 5.69 Å². The van der Waals surface area contributed by atoms with Crippen LogP contribution >= 0.6 is 0 Å². The molecule has 3 N–H and O–H groups in total. The Labute approximate surface area is 89.7 Å². The third-order valence-corrected chi connectivity index (χ3v) is 2.86. The van der Waals surface area contributed by atoms with Crippen molar-refractivity contribution in [2.45, 2.75) is 19.9 Å². The van der Waals surface area contributed by atoms with Crippen LogP contribution in [0, 0.1) is 11.8 Å².